The van der Waals surface area contributed by atoms with Gasteiger partial charge in [0.2, 0.25) is 0 Å². The van der Waals surface area contributed by atoms with E-state index in [1.165, 1.54) is 17.5 Å². The third kappa shape index (κ3) is 3.93. The van der Waals surface area contributed by atoms with E-state index in [1.807, 2.05) is 0 Å². The van der Waals surface area contributed by atoms with Gasteiger partial charge in [-0.3, -0.25) is 4.79 Å². The van der Waals surface area contributed by atoms with Crippen LogP contribution in [0.15, 0.2) is 29.6 Å². The molecular weight excluding hydrogens is 294 g/mol. The Bertz CT molecular complexity index is 654. The van der Waals surface area contributed by atoms with Crippen LogP contribution in [-0.2, 0) is 11.2 Å². The molecule has 8 heteroatoms. The highest BCUT2D eigenvalue weighted by atomic mass is 32.1. The fourth-order valence-electron chi connectivity index (χ4n) is 1.69. The van der Waals surface area contributed by atoms with Gasteiger partial charge in [0.25, 0.3) is 5.91 Å². The number of anilines is 1. The van der Waals surface area contributed by atoms with Crippen LogP contribution in [-0.4, -0.2) is 33.1 Å². The molecule has 110 valence electrons. The lowest BCUT2D eigenvalue weighted by molar-refractivity contribution is -0.139. The number of nitrogen functional groups attached to an aromatic ring is 1. The number of benzene rings is 1. The zero-order chi connectivity index (χ0) is 15.4. The van der Waals surface area contributed by atoms with E-state index in [1.54, 1.807) is 12.1 Å². The van der Waals surface area contributed by atoms with Gasteiger partial charge >= 0.3 is 5.97 Å². The van der Waals surface area contributed by atoms with Crippen molar-refractivity contribution in [2.24, 2.45) is 0 Å². The normalized spacial score (nSPS) is 11.8. The maximum Gasteiger partial charge on any atom is 0.326 e. The fourth-order valence-corrected chi connectivity index (χ4v) is 2.24. The number of carbonyl (C=O) groups excluding carboxylic acids is 1. The van der Waals surface area contributed by atoms with Crippen LogP contribution in [0.3, 0.4) is 0 Å². The second-order valence-electron chi connectivity index (χ2n) is 4.31. The average Bonchev–Trinajstić information content (AvgIpc) is 2.87. The summed E-state index contributed by atoms with van der Waals surface area (Å²) < 4.78 is 0. The molecule has 0 saturated carbocycles. The first-order chi connectivity index (χ1) is 9.95. The third-order valence-electron chi connectivity index (χ3n) is 2.73. The van der Waals surface area contributed by atoms with Crippen molar-refractivity contribution < 1.29 is 19.8 Å². The highest BCUT2D eigenvalue weighted by Crippen LogP contribution is 2.13. The second kappa shape index (κ2) is 6.23. The van der Waals surface area contributed by atoms with Gasteiger partial charge < -0.3 is 21.3 Å². The van der Waals surface area contributed by atoms with Gasteiger partial charge in [0.1, 0.15) is 17.5 Å². The zero-order valence-corrected chi connectivity index (χ0v) is 11.6. The molecule has 0 aliphatic carbocycles. The average molecular weight is 307 g/mol. The predicted octanol–water partition coefficient (Wildman–Crippen LogP) is 0.857. The number of carboxylic acids is 1. The van der Waals surface area contributed by atoms with Crippen LogP contribution in [0.4, 0.5) is 5.13 Å². The minimum absolute atomic E-state index is 0.0904. The van der Waals surface area contributed by atoms with Crippen LogP contribution >= 0.6 is 11.3 Å². The lowest BCUT2D eigenvalue weighted by atomic mass is 10.1. The van der Waals surface area contributed by atoms with Gasteiger partial charge in [0, 0.05) is 11.8 Å². The smallest absolute Gasteiger partial charge is 0.326 e. The molecule has 0 aliphatic rings. The van der Waals surface area contributed by atoms with Gasteiger partial charge in [-0.2, -0.15) is 0 Å². The minimum Gasteiger partial charge on any atom is -0.508 e. The summed E-state index contributed by atoms with van der Waals surface area (Å²) in [6.45, 7) is 0. The number of nitrogens with zero attached hydrogens (tertiary/aromatic N) is 1. The Kier molecular flexibility index (Phi) is 4.39. The molecule has 0 aliphatic heterocycles. The van der Waals surface area contributed by atoms with Crippen LogP contribution in [0.5, 0.6) is 5.75 Å². The number of phenolic OH excluding ortho intramolecular Hbond substituents is 1. The molecule has 0 spiro atoms. The Morgan fingerprint density at radius 3 is 2.52 bits per heavy atom. The summed E-state index contributed by atoms with van der Waals surface area (Å²) in [6, 6.07) is 5.01. The largest absolute Gasteiger partial charge is 0.508 e. The van der Waals surface area contributed by atoms with E-state index in [4.69, 9.17) is 5.73 Å². The van der Waals surface area contributed by atoms with Crippen molar-refractivity contribution >= 4 is 28.3 Å². The molecule has 0 bridgehead atoms. The number of amides is 1. The number of aromatic nitrogens is 1. The van der Waals surface area contributed by atoms with E-state index in [0.717, 1.165) is 11.3 Å². The maximum atomic E-state index is 11.9. The van der Waals surface area contributed by atoms with Crippen molar-refractivity contribution in [3.8, 4) is 5.75 Å². The number of hydrogen-bond acceptors (Lipinski definition) is 6. The molecule has 1 heterocycles. The standard InChI is InChI=1S/C13H13N3O4S/c14-13-16-10(6-21-13)11(18)15-9(12(19)20)5-7-1-3-8(17)4-2-7/h1-4,6,9,17H,5H2,(H2,14,16)(H,15,18)(H,19,20)/t9-/m0/s1. The van der Waals surface area contributed by atoms with Crippen molar-refractivity contribution in [1.29, 1.82) is 0 Å². The van der Waals surface area contributed by atoms with Crippen LogP contribution in [0, 0.1) is 0 Å². The number of thiazole rings is 1. The summed E-state index contributed by atoms with van der Waals surface area (Å²) in [5.41, 5.74) is 6.20. The minimum atomic E-state index is -1.15. The molecule has 1 aromatic heterocycles. The van der Waals surface area contributed by atoms with Crippen LogP contribution in [0.1, 0.15) is 16.1 Å². The second-order valence-corrected chi connectivity index (χ2v) is 5.20. The number of phenols is 1. The Balaban J connectivity index is 2.07. The van der Waals surface area contributed by atoms with Crippen LogP contribution in [0.2, 0.25) is 0 Å². The molecule has 0 unspecified atom stereocenters. The number of carboxylic acid groups (broad SMARTS) is 1. The Morgan fingerprint density at radius 1 is 1.33 bits per heavy atom. The number of nitrogens with one attached hydrogen (secondary N) is 1. The molecule has 2 aromatic rings. The quantitative estimate of drug-likeness (QED) is 0.649. The van der Waals surface area contributed by atoms with Crippen molar-refractivity contribution in [1.82, 2.24) is 10.3 Å². The molecule has 5 N–H and O–H groups in total. The molecule has 0 radical (unpaired) electrons. The highest BCUT2D eigenvalue weighted by Gasteiger charge is 2.22. The first kappa shape index (κ1) is 14.8. The van der Waals surface area contributed by atoms with Crippen LogP contribution in [0.25, 0.3) is 0 Å². The van der Waals surface area contributed by atoms with E-state index in [-0.39, 0.29) is 23.0 Å². The van der Waals surface area contributed by atoms with Gasteiger partial charge in [-0.05, 0) is 17.7 Å². The fraction of sp³-hybridized carbons (Fsp3) is 0.154. The number of nitrogens with two attached hydrogens (primary N) is 1. The van der Waals surface area contributed by atoms with E-state index >= 15 is 0 Å². The summed E-state index contributed by atoms with van der Waals surface area (Å²) >= 11 is 1.10. The van der Waals surface area contributed by atoms with E-state index in [2.05, 4.69) is 10.3 Å². The molecule has 1 amide bonds. The summed E-state index contributed by atoms with van der Waals surface area (Å²) in [6.07, 6.45) is 0.0982. The molecule has 0 fully saturated rings. The molecule has 2 rings (SSSR count). The van der Waals surface area contributed by atoms with Gasteiger partial charge in [0.15, 0.2) is 5.13 Å². The van der Waals surface area contributed by atoms with Gasteiger partial charge in [-0.1, -0.05) is 12.1 Å². The van der Waals surface area contributed by atoms with Gasteiger partial charge in [-0.15, -0.1) is 11.3 Å². The lowest BCUT2D eigenvalue weighted by Crippen LogP contribution is -2.42. The van der Waals surface area contributed by atoms with Crippen molar-refractivity contribution in [2.45, 2.75) is 12.5 Å². The van der Waals surface area contributed by atoms with Crippen molar-refractivity contribution in [2.75, 3.05) is 5.73 Å². The molecule has 1 atom stereocenters. The predicted molar refractivity (Wildman–Crippen MR) is 77.2 cm³/mol. The molecule has 7 nitrogen and oxygen atoms in total. The van der Waals surface area contributed by atoms with E-state index < -0.39 is 17.9 Å². The first-order valence-electron chi connectivity index (χ1n) is 5.98. The molecule has 21 heavy (non-hydrogen) atoms. The number of rotatable bonds is 5. The van der Waals surface area contributed by atoms with Crippen molar-refractivity contribution in [3.05, 3.63) is 40.9 Å². The van der Waals surface area contributed by atoms with E-state index in [9.17, 15) is 19.8 Å². The summed E-state index contributed by atoms with van der Waals surface area (Å²) in [5, 5.41) is 22.5. The summed E-state index contributed by atoms with van der Waals surface area (Å²) in [4.78, 5) is 26.9. The van der Waals surface area contributed by atoms with Gasteiger partial charge in [0.05, 0.1) is 0 Å². The SMILES string of the molecule is Nc1nc(C(=O)N[C@@H](Cc2ccc(O)cc2)C(=O)O)cs1. The highest BCUT2D eigenvalue weighted by molar-refractivity contribution is 7.13. The number of hydrogen-bond donors (Lipinski definition) is 4. The molecule has 0 saturated heterocycles. The summed E-state index contributed by atoms with van der Waals surface area (Å²) in [5.74, 6) is -1.65. The number of aliphatic carboxylic acids is 1. The zero-order valence-electron chi connectivity index (χ0n) is 10.8. The first-order valence-corrected chi connectivity index (χ1v) is 6.86. The Morgan fingerprint density at radius 2 is 2.00 bits per heavy atom. The molecular formula is C13H13N3O4S. The number of aromatic hydroxyl groups is 1. The monoisotopic (exact) mass is 307 g/mol. The van der Waals surface area contributed by atoms with Crippen molar-refractivity contribution in [3.63, 3.8) is 0 Å². The topological polar surface area (TPSA) is 126 Å². The Labute approximate surface area is 124 Å². The third-order valence-corrected chi connectivity index (χ3v) is 3.41. The van der Waals surface area contributed by atoms with Gasteiger partial charge in [-0.25, -0.2) is 9.78 Å². The van der Waals surface area contributed by atoms with Crippen LogP contribution < -0.4 is 11.1 Å². The number of carbonyl (C=O) groups is 2. The molecule has 1 aromatic carbocycles. The Hall–Kier alpha value is -2.61. The summed E-state index contributed by atoms with van der Waals surface area (Å²) in [7, 11) is 0. The lowest BCUT2D eigenvalue weighted by Gasteiger charge is -2.13. The maximum absolute atomic E-state index is 11.9. The van der Waals surface area contributed by atoms with E-state index in [0.29, 0.717) is 5.56 Å².